The summed E-state index contributed by atoms with van der Waals surface area (Å²) >= 11 is 0. The second-order valence-electron chi connectivity index (χ2n) is 3.88. The Morgan fingerprint density at radius 1 is 1.31 bits per heavy atom. The molecule has 4 nitrogen and oxygen atoms in total. The summed E-state index contributed by atoms with van der Waals surface area (Å²) in [5.41, 5.74) is 7.72. The van der Waals surface area contributed by atoms with Crippen LogP contribution in [0.15, 0.2) is 36.5 Å². The standard InChI is InChI=1S/C12H16N4/c1-10(7-8-13)12-9-14-15-16(12)11-5-3-2-4-6-11/h2-6,9-10H,7-8,13H2,1H3. The van der Waals surface area contributed by atoms with E-state index in [4.69, 9.17) is 5.73 Å². The van der Waals surface area contributed by atoms with Gasteiger partial charge in [-0.15, -0.1) is 5.10 Å². The highest BCUT2D eigenvalue weighted by Crippen LogP contribution is 2.19. The van der Waals surface area contributed by atoms with Crippen molar-refractivity contribution in [2.45, 2.75) is 19.3 Å². The van der Waals surface area contributed by atoms with Crippen molar-refractivity contribution in [3.63, 3.8) is 0 Å². The Balaban J connectivity index is 2.33. The maximum atomic E-state index is 5.57. The summed E-state index contributed by atoms with van der Waals surface area (Å²) in [6.45, 7) is 2.83. The fraction of sp³-hybridized carbons (Fsp3) is 0.333. The zero-order valence-corrected chi connectivity index (χ0v) is 9.37. The van der Waals surface area contributed by atoms with Gasteiger partial charge in [0.2, 0.25) is 0 Å². The Labute approximate surface area is 95.1 Å². The van der Waals surface area contributed by atoms with Gasteiger partial charge in [0, 0.05) is 5.92 Å². The molecule has 0 aliphatic rings. The Morgan fingerprint density at radius 3 is 2.75 bits per heavy atom. The summed E-state index contributed by atoms with van der Waals surface area (Å²) in [6.07, 6.45) is 2.76. The molecule has 2 N–H and O–H groups in total. The summed E-state index contributed by atoms with van der Waals surface area (Å²) in [5, 5.41) is 8.09. The van der Waals surface area contributed by atoms with Crippen LogP contribution in [0.1, 0.15) is 25.0 Å². The number of hydrogen-bond acceptors (Lipinski definition) is 3. The van der Waals surface area contributed by atoms with Crippen molar-refractivity contribution in [3.8, 4) is 5.69 Å². The lowest BCUT2D eigenvalue weighted by atomic mass is 10.0. The summed E-state index contributed by atoms with van der Waals surface area (Å²) < 4.78 is 1.88. The van der Waals surface area contributed by atoms with Crippen LogP contribution in [0, 0.1) is 0 Å². The third-order valence-electron chi connectivity index (χ3n) is 2.68. The van der Waals surface area contributed by atoms with Gasteiger partial charge in [-0.1, -0.05) is 30.3 Å². The molecule has 0 aliphatic carbocycles. The molecule has 0 saturated heterocycles. The fourth-order valence-electron chi connectivity index (χ4n) is 1.75. The molecule has 1 unspecified atom stereocenters. The predicted molar refractivity (Wildman–Crippen MR) is 63.4 cm³/mol. The van der Waals surface area contributed by atoms with Gasteiger partial charge in [0.15, 0.2) is 0 Å². The van der Waals surface area contributed by atoms with Crippen LogP contribution >= 0.6 is 0 Å². The molecule has 0 amide bonds. The molecule has 0 aliphatic heterocycles. The van der Waals surface area contributed by atoms with Crippen LogP contribution in [0.25, 0.3) is 5.69 Å². The van der Waals surface area contributed by atoms with E-state index in [1.165, 1.54) is 0 Å². The van der Waals surface area contributed by atoms with E-state index < -0.39 is 0 Å². The lowest BCUT2D eigenvalue weighted by Gasteiger charge is -2.11. The minimum atomic E-state index is 0.375. The molecule has 0 bridgehead atoms. The quantitative estimate of drug-likeness (QED) is 0.846. The van der Waals surface area contributed by atoms with Gasteiger partial charge in [0.25, 0.3) is 0 Å². The van der Waals surface area contributed by atoms with Crippen LogP contribution < -0.4 is 5.73 Å². The van der Waals surface area contributed by atoms with Crippen molar-refractivity contribution < 1.29 is 0 Å². The Kier molecular flexibility index (Phi) is 3.31. The monoisotopic (exact) mass is 216 g/mol. The Bertz CT molecular complexity index is 435. The highest BCUT2D eigenvalue weighted by Gasteiger charge is 2.12. The zero-order chi connectivity index (χ0) is 11.4. The van der Waals surface area contributed by atoms with E-state index in [0.717, 1.165) is 17.8 Å². The molecule has 0 fully saturated rings. The van der Waals surface area contributed by atoms with Crippen LogP contribution in [0.5, 0.6) is 0 Å². The van der Waals surface area contributed by atoms with Crippen molar-refractivity contribution in [2.75, 3.05) is 6.54 Å². The molecule has 0 radical (unpaired) electrons. The average molecular weight is 216 g/mol. The largest absolute Gasteiger partial charge is 0.330 e. The number of para-hydroxylation sites is 1. The van der Waals surface area contributed by atoms with Gasteiger partial charge in [0.05, 0.1) is 17.6 Å². The van der Waals surface area contributed by atoms with Crippen LogP contribution in [0.2, 0.25) is 0 Å². The molecule has 1 aromatic heterocycles. The summed E-state index contributed by atoms with van der Waals surface area (Å²) in [6, 6.07) is 10.0. The third-order valence-corrected chi connectivity index (χ3v) is 2.68. The number of rotatable bonds is 4. The first-order valence-electron chi connectivity index (χ1n) is 5.49. The molecule has 16 heavy (non-hydrogen) atoms. The molecule has 84 valence electrons. The number of benzene rings is 1. The van der Waals surface area contributed by atoms with Gasteiger partial charge in [-0.3, -0.25) is 0 Å². The number of aromatic nitrogens is 3. The van der Waals surface area contributed by atoms with Gasteiger partial charge in [-0.2, -0.15) is 0 Å². The van der Waals surface area contributed by atoms with Crippen molar-refractivity contribution in [1.82, 2.24) is 15.0 Å². The first kappa shape index (κ1) is 10.8. The molecule has 0 saturated carbocycles. The predicted octanol–water partition coefficient (Wildman–Crippen LogP) is 1.72. The second kappa shape index (κ2) is 4.90. The van der Waals surface area contributed by atoms with Crippen LogP contribution in [0.3, 0.4) is 0 Å². The molecule has 1 heterocycles. The number of hydrogen-bond donors (Lipinski definition) is 1. The van der Waals surface area contributed by atoms with Crippen LogP contribution in [0.4, 0.5) is 0 Å². The fourth-order valence-corrected chi connectivity index (χ4v) is 1.75. The number of nitrogens with two attached hydrogens (primary N) is 1. The smallest absolute Gasteiger partial charge is 0.0732 e. The SMILES string of the molecule is CC(CCN)c1cnnn1-c1ccccc1. The molecule has 1 aromatic carbocycles. The van der Waals surface area contributed by atoms with Crippen molar-refractivity contribution in [3.05, 3.63) is 42.2 Å². The van der Waals surface area contributed by atoms with Gasteiger partial charge >= 0.3 is 0 Å². The highest BCUT2D eigenvalue weighted by atomic mass is 15.4. The van der Waals surface area contributed by atoms with Gasteiger partial charge in [0.1, 0.15) is 0 Å². The topological polar surface area (TPSA) is 56.7 Å². The van der Waals surface area contributed by atoms with Crippen molar-refractivity contribution >= 4 is 0 Å². The van der Waals surface area contributed by atoms with E-state index in [9.17, 15) is 0 Å². The average Bonchev–Trinajstić information content (AvgIpc) is 2.79. The zero-order valence-electron chi connectivity index (χ0n) is 9.37. The molecule has 0 spiro atoms. The van der Waals surface area contributed by atoms with Crippen molar-refractivity contribution in [2.24, 2.45) is 5.73 Å². The van der Waals surface area contributed by atoms with E-state index in [2.05, 4.69) is 17.2 Å². The Hall–Kier alpha value is -1.68. The summed E-state index contributed by atoms with van der Waals surface area (Å²) in [4.78, 5) is 0. The minimum Gasteiger partial charge on any atom is -0.330 e. The van der Waals surface area contributed by atoms with Gasteiger partial charge in [-0.05, 0) is 25.1 Å². The van der Waals surface area contributed by atoms with Crippen LogP contribution in [-0.4, -0.2) is 21.5 Å². The van der Waals surface area contributed by atoms with E-state index in [1.807, 2.05) is 41.2 Å². The van der Waals surface area contributed by atoms with E-state index in [-0.39, 0.29) is 0 Å². The van der Waals surface area contributed by atoms with Gasteiger partial charge < -0.3 is 5.73 Å². The van der Waals surface area contributed by atoms with E-state index >= 15 is 0 Å². The van der Waals surface area contributed by atoms with Gasteiger partial charge in [-0.25, -0.2) is 4.68 Å². The first-order chi connectivity index (χ1) is 7.83. The summed E-state index contributed by atoms with van der Waals surface area (Å²) in [5.74, 6) is 0.375. The maximum Gasteiger partial charge on any atom is 0.0732 e. The molecule has 2 aromatic rings. The molecule has 1 atom stereocenters. The molecule has 4 heteroatoms. The van der Waals surface area contributed by atoms with E-state index in [1.54, 1.807) is 0 Å². The molecule has 2 rings (SSSR count). The maximum absolute atomic E-state index is 5.57. The minimum absolute atomic E-state index is 0.375. The highest BCUT2D eigenvalue weighted by molar-refractivity contribution is 5.32. The number of nitrogens with zero attached hydrogens (tertiary/aromatic N) is 3. The second-order valence-corrected chi connectivity index (χ2v) is 3.88. The summed E-state index contributed by atoms with van der Waals surface area (Å²) in [7, 11) is 0. The third kappa shape index (κ3) is 2.12. The lowest BCUT2D eigenvalue weighted by molar-refractivity contribution is 0.634. The van der Waals surface area contributed by atoms with E-state index in [0.29, 0.717) is 12.5 Å². The normalized spacial score (nSPS) is 12.6. The van der Waals surface area contributed by atoms with Crippen molar-refractivity contribution in [1.29, 1.82) is 0 Å². The first-order valence-corrected chi connectivity index (χ1v) is 5.49. The molecular formula is C12H16N4. The van der Waals surface area contributed by atoms with Crippen LogP contribution in [-0.2, 0) is 0 Å². The Morgan fingerprint density at radius 2 is 2.06 bits per heavy atom. The lowest BCUT2D eigenvalue weighted by Crippen LogP contribution is -2.09. The molecular weight excluding hydrogens is 200 g/mol.